The van der Waals surface area contributed by atoms with Crippen molar-refractivity contribution in [3.05, 3.63) is 35.9 Å². The molecule has 1 unspecified atom stereocenters. The van der Waals surface area contributed by atoms with E-state index in [-0.39, 0.29) is 24.1 Å². The predicted octanol–water partition coefficient (Wildman–Crippen LogP) is 1.66. The average Bonchev–Trinajstić information content (AvgIpc) is 3.16. The zero-order chi connectivity index (χ0) is 16.8. The first-order chi connectivity index (χ1) is 11.7. The third-order valence-electron chi connectivity index (χ3n) is 4.64. The third kappa shape index (κ3) is 4.47. The van der Waals surface area contributed by atoms with Crippen LogP contribution in [0.5, 0.6) is 0 Å². The monoisotopic (exact) mass is 331 g/mol. The molecule has 2 heterocycles. The van der Waals surface area contributed by atoms with Gasteiger partial charge in [0, 0.05) is 32.3 Å². The van der Waals surface area contributed by atoms with E-state index in [1.54, 1.807) is 0 Å². The lowest BCUT2D eigenvalue weighted by molar-refractivity contribution is -0.142. The van der Waals surface area contributed by atoms with Crippen LogP contribution in [0.25, 0.3) is 0 Å². The molecule has 130 valence electrons. The fourth-order valence-electron chi connectivity index (χ4n) is 3.23. The van der Waals surface area contributed by atoms with Gasteiger partial charge in [-0.05, 0) is 31.2 Å². The number of ether oxygens (including phenoxy) is 1. The molecular formula is C18H25N3O3. The molecule has 3 rings (SSSR count). The van der Waals surface area contributed by atoms with Crippen LogP contribution in [0.1, 0.15) is 31.2 Å². The highest BCUT2D eigenvalue weighted by atomic mass is 16.5. The van der Waals surface area contributed by atoms with E-state index >= 15 is 0 Å². The number of rotatable bonds is 4. The zero-order valence-electron chi connectivity index (χ0n) is 13.9. The van der Waals surface area contributed by atoms with E-state index in [9.17, 15) is 9.59 Å². The Morgan fingerprint density at radius 3 is 2.54 bits per heavy atom. The zero-order valence-corrected chi connectivity index (χ0v) is 13.9. The number of carbonyl (C=O) groups is 2. The molecule has 2 aliphatic rings. The molecule has 24 heavy (non-hydrogen) atoms. The molecule has 6 heteroatoms. The van der Waals surface area contributed by atoms with Crippen LogP contribution in [-0.2, 0) is 16.1 Å². The van der Waals surface area contributed by atoms with Gasteiger partial charge in [0.25, 0.3) is 5.91 Å². The Balaban J connectivity index is 1.37. The Hall–Kier alpha value is -2.08. The summed E-state index contributed by atoms with van der Waals surface area (Å²) in [5.74, 6) is 0.111. The summed E-state index contributed by atoms with van der Waals surface area (Å²) < 4.78 is 5.46. The summed E-state index contributed by atoms with van der Waals surface area (Å²) >= 11 is 0. The lowest BCUT2D eigenvalue weighted by Gasteiger charge is -2.33. The second-order valence-corrected chi connectivity index (χ2v) is 6.41. The van der Waals surface area contributed by atoms with Crippen LogP contribution in [-0.4, -0.2) is 48.7 Å². The molecule has 0 bridgehead atoms. The molecule has 1 aromatic carbocycles. The molecule has 1 atom stereocenters. The molecule has 1 aromatic rings. The second kappa shape index (κ2) is 8.15. The Labute approximate surface area is 142 Å². The summed E-state index contributed by atoms with van der Waals surface area (Å²) in [5.41, 5.74) is 1.07. The van der Waals surface area contributed by atoms with E-state index in [2.05, 4.69) is 10.6 Å². The van der Waals surface area contributed by atoms with E-state index in [1.165, 1.54) is 0 Å². The molecule has 0 aliphatic carbocycles. The van der Waals surface area contributed by atoms with E-state index in [0.29, 0.717) is 26.2 Å². The van der Waals surface area contributed by atoms with Crippen molar-refractivity contribution in [1.29, 1.82) is 0 Å². The molecular weight excluding hydrogens is 306 g/mol. The number of piperidine rings is 1. The van der Waals surface area contributed by atoms with Gasteiger partial charge < -0.3 is 20.3 Å². The van der Waals surface area contributed by atoms with Crippen molar-refractivity contribution in [1.82, 2.24) is 15.5 Å². The van der Waals surface area contributed by atoms with Crippen molar-refractivity contribution in [2.24, 2.45) is 0 Å². The number of urea groups is 1. The topological polar surface area (TPSA) is 70.7 Å². The fourth-order valence-corrected chi connectivity index (χ4v) is 3.23. The second-order valence-electron chi connectivity index (χ2n) is 6.41. The Morgan fingerprint density at radius 1 is 1.12 bits per heavy atom. The summed E-state index contributed by atoms with van der Waals surface area (Å²) in [5, 5.41) is 5.87. The molecule has 0 radical (unpaired) electrons. The lowest BCUT2D eigenvalue weighted by atomic mass is 10.0. The smallest absolute Gasteiger partial charge is 0.315 e. The van der Waals surface area contributed by atoms with Gasteiger partial charge in [0.2, 0.25) is 0 Å². The molecule has 0 spiro atoms. The standard InChI is InChI=1S/C18H25N3O3/c22-17(16-7-4-12-24-16)21-10-8-15(9-11-21)20-18(23)19-13-14-5-2-1-3-6-14/h1-3,5-6,15-16H,4,7-13H2,(H2,19,20,23). The van der Waals surface area contributed by atoms with Crippen molar-refractivity contribution >= 4 is 11.9 Å². The van der Waals surface area contributed by atoms with E-state index in [0.717, 1.165) is 31.2 Å². The minimum Gasteiger partial charge on any atom is -0.368 e. The minimum absolute atomic E-state index is 0.111. The van der Waals surface area contributed by atoms with Gasteiger partial charge in [0.1, 0.15) is 6.10 Å². The Bertz CT molecular complexity index is 550. The first-order valence-electron chi connectivity index (χ1n) is 8.71. The first kappa shape index (κ1) is 16.8. The highest BCUT2D eigenvalue weighted by molar-refractivity contribution is 5.81. The molecule has 0 aromatic heterocycles. The minimum atomic E-state index is -0.247. The van der Waals surface area contributed by atoms with Gasteiger partial charge in [0.15, 0.2) is 0 Å². The SMILES string of the molecule is O=C(NCc1ccccc1)NC1CCN(C(=O)C2CCCO2)CC1. The largest absolute Gasteiger partial charge is 0.368 e. The summed E-state index contributed by atoms with van der Waals surface area (Å²) in [4.78, 5) is 26.1. The van der Waals surface area contributed by atoms with E-state index in [1.807, 2.05) is 35.2 Å². The average molecular weight is 331 g/mol. The van der Waals surface area contributed by atoms with Crippen LogP contribution in [0.4, 0.5) is 4.79 Å². The number of hydrogen-bond acceptors (Lipinski definition) is 3. The Morgan fingerprint density at radius 2 is 1.88 bits per heavy atom. The van der Waals surface area contributed by atoms with Crippen LogP contribution < -0.4 is 10.6 Å². The summed E-state index contributed by atoms with van der Waals surface area (Å²) in [6.07, 6.45) is 3.13. The van der Waals surface area contributed by atoms with Gasteiger partial charge in [-0.1, -0.05) is 30.3 Å². The van der Waals surface area contributed by atoms with Crippen molar-refractivity contribution in [2.45, 2.75) is 44.4 Å². The van der Waals surface area contributed by atoms with Crippen LogP contribution in [0, 0.1) is 0 Å². The van der Waals surface area contributed by atoms with Crippen molar-refractivity contribution in [3.8, 4) is 0 Å². The molecule has 2 saturated heterocycles. The van der Waals surface area contributed by atoms with E-state index < -0.39 is 0 Å². The van der Waals surface area contributed by atoms with Crippen molar-refractivity contribution in [2.75, 3.05) is 19.7 Å². The van der Waals surface area contributed by atoms with Gasteiger partial charge >= 0.3 is 6.03 Å². The van der Waals surface area contributed by atoms with Crippen molar-refractivity contribution < 1.29 is 14.3 Å². The summed E-state index contributed by atoms with van der Waals surface area (Å²) in [6.45, 7) is 2.57. The predicted molar refractivity (Wildman–Crippen MR) is 90.4 cm³/mol. The quantitative estimate of drug-likeness (QED) is 0.881. The van der Waals surface area contributed by atoms with Crippen LogP contribution >= 0.6 is 0 Å². The maximum atomic E-state index is 12.3. The van der Waals surface area contributed by atoms with Gasteiger partial charge in [-0.3, -0.25) is 4.79 Å². The maximum absolute atomic E-state index is 12.3. The normalized spacial score (nSPS) is 21.5. The van der Waals surface area contributed by atoms with Gasteiger partial charge in [-0.15, -0.1) is 0 Å². The van der Waals surface area contributed by atoms with Crippen LogP contribution in [0.15, 0.2) is 30.3 Å². The van der Waals surface area contributed by atoms with Gasteiger partial charge in [-0.2, -0.15) is 0 Å². The number of amides is 3. The Kier molecular flexibility index (Phi) is 5.69. The number of likely N-dealkylation sites (tertiary alicyclic amines) is 1. The molecule has 0 saturated carbocycles. The number of nitrogens with one attached hydrogen (secondary N) is 2. The van der Waals surface area contributed by atoms with Crippen molar-refractivity contribution in [3.63, 3.8) is 0 Å². The molecule has 2 N–H and O–H groups in total. The van der Waals surface area contributed by atoms with Gasteiger partial charge in [-0.25, -0.2) is 4.79 Å². The highest BCUT2D eigenvalue weighted by Crippen LogP contribution is 2.18. The molecule has 2 fully saturated rings. The fraction of sp³-hybridized carbons (Fsp3) is 0.556. The van der Waals surface area contributed by atoms with Crippen LogP contribution in [0.3, 0.4) is 0 Å². The molecule has 6 nitrogen and oxygen atoms in total. The molecule has 2 aliphatic heterocycles. The number of carbonyl (C=O) groups excluding carboxylic acids is 2. The van der Waals surface area contributed by atoms with E-state index in [4.69, 9.17) is 4.74 Å². The first-order valence-corrected chi connectivity index (χ1v) is 8.71. The van der Waals surface area contributed by atoms with Gasteiger partial charge in [0.05, 0.1) is 0 Å². The maximum Gasteiger partial charge on any atom is 0.315 e. The van der Waals surface area contributed by atoms with Crippen LogP contribution in [0.2, 0.25) is 0 Å². The summed E-state index contributed by atoms with van der Waals surface area (Å²) in [6, 6.07) is 9.79. The number of hydrogen-bond donors (Lipinski definition) is 2. The number of nitrogens with zero attached hydrogens (tertiary/aromatic N) is 1. The lowest BCUT2D eigenvalue weighted by Crippen LogP contribution is -2.50. The number of benzene rings is 1. The molecule has 3 amide bonds. The summed E-state index contributed by atoms with van der Waals surface area (Å²) in [7, 11) is 0. The third-order valence-corrected chi connectivity index (χ3v) is 4.64. The highest BCUT2D eigenvalue weighted by Gasteiger charge is 2.31.